The van der Waals surface area contributed by atoms with Crippen LogP contribution < -0.4 is 15.5 Å². The maximum atomic E-state index is 10.3. The lowest BCUT2D eigenvalue weighted by Gasteiger charge is -2.36. The quantitative estimate of drug-likeness (QED) is 0.340. The molecule has 3 N–H and O–H groups in total. The van der Waals surface area contributed by atoms with Crippen molar-refractivity contribution in [3.63, 3.8) is 0 Å². The maximum absolute atomic E-state index is 10.3. The van der Waals surface area contributed by atoms with E-state index in [1.165, 1.54) is 5.56 Å². The molecule has 2 aromatic carbocycles. The van der Waals surface area contributed by atoms with Crippen LogP contribution >= 0.6 is 0 Å². The zero-order chi connectivity index (χ0) is 29.6. The summed E-state index contributed by atoms with van der Waals surface area (Å²) in [7, 11) is 0. The van der Waals surface area contributed by atoms with Crippen LogP contribution in [0.15, 0.2) is 72.9 Å². The van der Waals surface area contributed by atoms with Gasteiger partial charge in [-0.2, -0.15) is 0 Å². The number of aromatic hydroxyl groups is 1. The Kier molecular flexibility index (Phi) is 8.63. The van der Waals surface area contributed by atoms with Crippen LogP contribution in [0, 0.1) is 11.8 Å². The van der Waals surface area contributed by atoms with Crippen molar-refractivity contribution in [3.8, 4) is 28.8 Å². The third kappa shape index (κ3) is 6.85. The second-order valence-corrected chi connectivity index (χ2v) is 10.9. The number of hydrogen-bond acceptors (Lipinski definition) is 10. The Balaban J connectivity index is 1.10. The van der Waals surface area contributed by atoms with E-state index >= 15 is 0 Å². The maximum Gasteiger partial charge on any atom is 0.206 e. The minimum Gasteiger partial charge on any atom is -0.507 e. The van der Waals surface area contributed by atoms with Gasteiger partial charge in [0.25, 0.3) is 0 Å². The first-order valence-electron chi connectivity index (χ1n) is 14.7. The van der Waals surface area contributed by atoms with Crippen molar-refractivity contribution in [1.29, 1.82) is 0 Å². The van der Waals surface area contributed by atoms with Gasteiger partial charge in [0.15, 0.2) is 5.82 Å². The van der Waals surface area contributed by atoms with Crippen LogP contribution in [0.2, 0.25) is 0 Å². The molecule has 6 rings (SSSR count). The number of benzene rings is 2. The highest BCUT2D eigenvalue weighted by atomic mass is 16.5. The van der Waals surface area contributed by atoms with Gasteiger partial charge in [0.1, 0.15) is 11.6 Å². The SMILES string of the molecule is CC1CN(CC#Cc2nccc(N3CCCN(c4cc(-c5ccccc5O)nnc4N)CC3)n2)CC(c2ccccc2)O1. The van der Waals surface area contributed by atoms with Crippen molar-refractivity contribution in [3.05, 3.63) is 84.3 Å². The summed E-state index contributed by atoms with van der Waals surface area (Å²) < 4.78 is 6.19. The molecule has 2 aliphatic rings. The third-order valence-corrected chi connectivity index (χ3v) is 7.79. The molecule has 2 saturated heterocycles. The van der Waals surface area contributed by atoms with E-state index in [9.17, 15) is 5.11 Å². The number of phenols is 1. The molecule has 2 fully saturated rings. The molecule has 10 heteroatoms. The molecule has 2 atom stereocenters. The van der Waals surface area contributed by atoms with Crippen LogP contribution in [-0.2, 0) is 4.74 Å². The fourth-order valence-corrected chi connectivity index (χ4v) is 5.69. The Bertz CT molecular complexity index is 1610. The summed E-state index contributed by atoms with van der Waals surface area (Å²) in [5.74, 6) is 8.39. The summed E-state index contributed by atoms with van der Waals surface area (Å²) in [6.07, 6.45) is 2.87. The summed E-state index contributed by atoms with van der Waals surface area (Å²) in [5.41, 5.74) is 9.48. The Morgan fingerprint density at radius 1 is 0.953 bits per heavy atom. The van der Waals surface area contributed by atoms with Crippen molar-refractivity contribution >= 4 is 17.3 Å². The molecule has 43 heavy (non-hydrogen) atoms. The van der Waals surface area contributed by atoms with Gasteiger partial charge in [0, 0.05) is 51.0 Å². The minimum absolute atomic E-state index is 0.0456. The van der Waals surface area contributed by atoms with Gasteiger partial charge < -0.3 is 25.4 Å². The average Bonchev–Trinajstić information content (AvgIpc) is 3.29. The largest absolute Gasteiger partial charge is 0.507 e. The molecular formula is C33H36N8O2. The topological polar surface area (TPSA) is 117 Å². The first-order valence-corrected chi connectivity index (χ1v) is 14.7. The summed E-state index contributed by atoms with van der Waals surface area (Å²) in [5, 5.41) is 18.7. The lowest BCUT2D eigenvalue weighted by molar-refractivity contribution is -0.0752. The van der Waals surface area contributed by atoms with E-state index in [1.54, 1.807) is 18.3 Å². The number of phenolic OH excluding ortho intramolecular Hbond substituents is 1. The zero-order valence-corrected chi connectivity index (χ0v) is 24.3. The number of nitrogens with zero attached hydrogens (tertiary/aromatic N) is 7. The van der Waals surface area contributed by atoms with Crippen LogP contribution in [0.5, 0.6) is 5.75 Å². The molecule has 0 amide bonds. The Morgan fingerprint density at radius 3 is 2.60 bits per heavy atom. The number of anilines is 3. The van der Waals surface area contributed by atoms with Crippen LogP contribution in [0.3, 0.4) is 0 Å². The lowest BCUT2D eigenvalue weighted by Crippen LogP contribution is -2.42. The predicted molar refractivity (Wildman–Crippen MR) is 168 cm³/mol. The fraction of sp³-hybridized carbons (Fsp3) is 0.333. The Labute approximate surface area is 252 Å². The van der Waals surface area contributed by atoms with Gasteiger partial charge in [-0.05, 0) is 49.1 Å². The van der Waals surface area contributed by atoms with Crippen LogP contribution in [0.1, 0.15) is 30.8 Å². The zero-order valence-electron chi connectivity index (χ0n) is 24.3. The van der Waals surface area contributed by atoms with Gasteiger partial charge in [-0.15, -0.1) is 10.2 Å². The van der Waals surface area contributed by atoms with E-state index < -0.39 is 0 Å². The minimum atomic E-state index is 0.0456. The number of aromatic nitrogens is 4. The first kappa shape index (κ1) is 28.4. The summed E-state index contributed by atoms with van der Waals surface area (Å²) in [6.45, 7) is 7.53. The highest BCUT2D eigenvalue weighted by molar-refractivity contribution is 5.74. The molecule has 4 aromatic rings. The first-order chi connectivity index (χ1) is 21.0. The smallest absolute Gasteiger partial charge is 0.206 e. The predicted octanol–water partition coefficient (Wildman–Crippen LogP) is 3.75. The monoisotopic (exact) mass is 576 g/mol. The normalized spacial score (nSPS) is 19.4. The van der Waals surface area contributed by atoms with E-state index in [0.29, 0.717) is 29.4 Å². The van der Waals surface area contributed by atoms with Crippen LogP contribution in [0.4, 0.5) is 17.3 Å². The Hall–Kier alpha value is -4.72. The molecule has 10 nitrogen and oxygen atoms in total. The van der Waals surface area contributed by atoms with E-state index in [2.05, 4.69) is 60.8 Å². The number of para-hydroxylation sites is 1. The van der Waals surface area contributed by atoms with E-state index in [4.69, 9.17) is 15.5 Å². The second kappa shape index (κ2) is 13.1. The standard InChI is InChI=1S/C33H36N8O2/c1-24-22-39(23-30(43-24)25-9-3-2-4-10-25)16-7-13-31-35-15-14-32(36-31)41-18-8-17-40(19-20-41)28-21-27(37-38-33(28)34)26-11-5-6-12-29(26)42/h2-6,9-12,14-15,21,24,30,42H,8,16-20,22-23H2,1H3,(H2,34,38). The molecule has 2 unspecified atom stereocenters. The number of morpholine rings is 1. The number of nitrogen functional groups attached to an aromatic ring is 1. The summed E-state index contributed by atoms with van der Waals surface area (Å²) in [6, 6.07) is 21.3. The van der Waals surface area contributed by atoms with Crippen molar-refractivity contribution < 1.29 is 9.84 Å². The van der Waals surface area contributed by atoms with Crippen molar-refractivity contribution in [2.45, 2.75) is 25.6 Å². The number of rotatable bonds is 5. The molecule has 0 bridgehead atoms. The molecular weight excluding hydrogens is 540 g/mol. The molecule has 4 heterocycles. The van der Waals surface area contributed by atoms with Crippen LogP contribution in [-0.4, -0.2) is 82.1 Å². The molecule has 0 radical (unpaired) electrons. The van der Waals surface area contributed by atoms with Gasteiger partial charge in [0.05, 0.1) is 30.1 Å². The Morgan fingerprint density at radius 2 is 1.74 bits per heavy atom. The van der Waals surface area contributed by atoms with Crippen molar-refractivity contribution in [2.75, 3.05) is 61.3 Å². The molecule has 2 aliphatic heterocycles. The molecule has 2 aromatic heterocycles. The molecule has 0 saturated carbocycles. The summed E-state index contributed by atoms with van der Waals surface area (Å²) in [4.78, 5) is 16.0. The van der Waals surface area contributed by atoms with Gasteiger partial charge in [-0.3, -0.25) is 4.90 Å². The number of ether oxygens (including phenoxy) is 1. The average molecular weight is 577 g/mol. The molecule has 0 aliphatic carbocycles. The van der Waals surface area contributed by atoms with Gasteiger partial charge in [0.2, 0.25) is 5.82 Å². The lowest BCUT2D eigenvalue weighted by atomic mass is 10.1. The van der Waals surface area contributed by atoms with Gasteiger partial charge in [-0.1, -0.05) is 48.4 Å². The summed E-state index contributed by atoms with van der Waals surface area (Å²) >= 11 is 0. The fourth-order valence-electron chi connectivity index (χ4n) is 5.69. The van der Waals surface area contributed by atoms with Crippen molar-refractivity contribution in [2.24, 2.45) is 0 Å². The number of hydrogen-bond donors (Lipinski definition) is 2. The second-order valence-electron chi connectivity index (χ2n) is 10.9. The van der Waals surface area contributed by atoms with Crippen LogP contribution in [0.25, 0.3) is 11.3 Å². The number of nitrogens with two attached hydrogens (primary N) is 1. The van der Waals surface area contributed by atoms with E-state index in [1.807, 2.05) is 42.5 Å². The van der Waals surface area contributed by atoms with E-state index in [0.717, 1.165) is 57.2 Å². The van der Waals surface area contributed by atoms with Gasteiger partial charge in [-0.25, -0.2) is 9.97 Å². The molecule has 220 valence electrons. The van der Waals surface area contributed by atoms with Gasteiger partial charge >= 0.3 is 0 Å². The highest BCUT2D eigenvalue weighted by Gasteiger charge is 2.26. The van der Waals surface area contributed by atoms with E-state index in [-0.39, 0.29) is 18.0 Å². The van der Waals surface area contributed by atoms with Crippen molar-refractivity contribution in [1.82, 2.24) is 25.1 Å². The third-order valence-electron chi connectivity index (χ3n) is 7.79. The highest BCUT2D eigenvalue weighted by Crippen LogP contribution is 2.32. The molecule has 0 spiro atoms.